The first-order valence-corrected chi connectivity index (χ1v) is 15.0. The number of para-hydroxylation sites is 2. The maximum Gasteiger partial charge on any atom is 0.143 e. The average molecular weight is 578 g/mol. The standard InChI is InChI=1S/C44H28O/c1-4-13-29(14-5-1)32-23-25-36-39(27-32)42(30-15-6-2-7-16-30)37-26-24-33(28-40(37)43(36)31-17-8-3-9-18-31)34-20-12-21-38-35-19-10-11-22-41(35)45-44(34)38/h1-28H/i1D,4D,5D,13D,14D. The van der Waals surface area contributed by atoms with Crippen LogP contribution in [-0.2, 0) is 0 Å². The zero-order chi connectivity index (χ0) is 34.1. The molecule has 0 aliphatic heterocycles. The fourth-order valence-electron chi connectivity index (χ4n) is 6.75. The number of furan rings is 1. The average Bonchev–Trinajstić information content (AvgIpc) is 3.55. The lowest BCUT2D eigenvalue weighted by Gasteiger charge is -2.19. The Morgan fingerprint density at radius 2 is 0.956 bits per heavy atom. The molecule has 0 N–H and O–H groups in total. The third kappa shape index (κ3) is 4.17. The summed E-state index contributed by atoms with van der Waals surface area (Å²) >= 11 is 0. The molecule has 0 aliphatic carbocycles. The highest BCUT2D eigenvalue weighted by atomic mass is 16.3. The van der Waals surface area contributed by atoms with Gasteiger partial charge in [0.1, 0.15) is 11.2 Å². The SMILES string of the molecule is [2H]c1c([2H])c([2H])c(-c2ccc3c(-c4ccccc4)c4cc(-c5cccc6c5oc5ccccc56)ccc4c(-c4ccccc4)c3c2)c([2H])c1[2H]. The fraction of sp³-hybridized carbons (Fsp3) is 0. The Kier molecular flexibility index (Phi) is 4.81. The number of hydrogen-bond donors (Lipinski definition) is 0. The van der Waals surface area contributed by atoms with Gasteiger partial charge in [-0.3, -0.25) is 0 Å². The van der Waals surface area contributed by atoms with Gasteiger partial charge in [-0.1, -0.05) is 152 Å². The predicted octanol–water partition coefficient (Wildman–Crippen LogP) is 12.6. The Labute approximate surface area is 268 Å². The molecule has 0 unspecified atom stereocenters. The molecule has 1 aromatic heterocycles. The summed E-state index contributed by atoms with van der Waals surface area (Å²) in [5.41, 5.74) is 8.65. The first kappa shape index (κ1) is 20.9. The third-order valence-corrected chi connectivity index (χ3v) is 8.75. The van der Waals surface area contributed by atoms with Crippen LogP contribution in [-0.4, -0.2) is 0 Å². The topological polar surface area (TPSA) is 13.1 Å². The normalized spacial score (nSPS) is 13.1. The Balaban J connectivity index is 1.41. The number of fused-ring (bicyclic) bond motifs is 5. The van der Waals surface area contributed by atoms with Crippen LogP contribution in [0.25, 0.3) is 88.0 Å². The highest BCUT2D eigenvalue weighted by molar-refractivity contribution is 6.23. The summed E-state index contributed by atoms with van der Waals surface area (Å²) in [4.78, 5) is 0. The van der Waals surface area contributed by atoms with Crippen molar-refractivity contribution in [3.05, 3.63) is 170 Å². The lowest BCUT2D eigenvalue weighted by atomic mass is 9.84. The summed E-state index contributed by atoms with van der Waals surface area (Å²) in [5.74, 6) is 0. The van der Waals surface area contributed by atoms with Gasteiger partial charge in [-0.15, -0.1) is 0 Å². The van der Waals surface area contributed by atoms with E-state index < -0.39 is 6.04 Å². The second kappa shape index (κ2) is 10.4. The van der Waals surface area contributed by atoms with Crippen LogP contribution in [0.2, 0.25) is 0 Å². The maximum absolute atomic E-state index is 8.72. The Bertz CT molecular complexity index is 2780. The first-order chi connectivity index (χ1) is 24.4. The number of hydrogen-bond acceptors (Lipinski definition) is 1. The molecule has 0 saturated heterocycles. The van der Waals surface area contributed by atoms with E-state index in [-0.39, 0.29) is 29.7 Å². The molecule has 0 amide bonds. The molecule has 9 rings (SSSR count). The highest BCUT2D eigenvalue weighted by Gasteiger charge is 2.19. The molecule has 9 aromatic rings. The zero-order valence-electron chi connectivity index (χ0n) is 29.2. The summed E-state index contributed by atoms with van der Waals surface area (Å²) < 4.78 is 48.7. The van der Waals surface area contributed by atoms with Crippen LogP contribution in [0.15, 0.2) is 174 Å². The van der Waals surface area contributed by atoms with Crippen LogP contribution in [0.3, 0.4) is 0 Å². The molecule has 8 aromatic carbocycles. The van der Waals surface area contributed by atoms with Crippen molar-refractivity contribution in [2.75, 3.05) is 0 Å². The van der Waals surface area contributed by atoms with Gasteiger partial charge in [0, 0.05) is 16.3 Å². The minimum atomic E-state index is -0.402. The van der Waals surface area contributed by atoms with Crippen LogP contribution in [0.4, 0.5) is 0 Å². The van der Waals surface area contributed by atoms with E-state index in [9.17, 15) is 0 Å². The quantitative estimate of drug-likeness (QED) is 0.190. The van der Waals surface area contributed by atoms with Gasteiger partial charge in [-0.25, -0.2) is 0 Å². The third-order valence-electron chi connectivity index (χ3n) is 8.75. The second-order valence-corrected chi connectivity index (χ2v) is 11.3. The summed E-state index contributed by atoms with van der Waals surface area (Å²) in [6.07, 6.45) is 0. The lowest BCUT2D eigenvalue weighted by molar-refractivity contribution is 0.670. The molecule has 210 valence electrons. The van der Waals surface area contributed by atoms with Gasteiger partial charge >= 0.3 is 0 Å². The van der Waals surface area contributed by atoms with Crippen molar-refractivity contribution in [2.45, 2.75) is 0 Å². The van der Waals surface area contributed by atoms with E-state index in [2.05, 4.69) is 66.7 Å². The Hall–Kier alpha value is -5.92. The molecule has 0 radical (unpaired) electrons. The van der Waals surface area contributed by atoms with Crippen molar-refractivity contribution in [1.82, 2.24) is 0 Å². The summed E-state index contributed by atoms with van der Waals surface area (Å²) in [6.45, 7) is 0. The largest absolute Gasteiger partial charge is 0.455 e. The molecule has 0 spiro atoms. The van der Waals surface area contributed by atoms with Crippen LogP contribution >= 0.6 is 0 Å². The van der Waals surface area contributed by atoms with Gasteiger partial charge in [0.05, 0.1) is 6.85 Å². The van der Waals surface area contributed by atoms with Crippen LogP contribution in [0, 0.1) is 0 Å². The Morgan fingerprint density at radius 1 is 0.378 bits per heavy atom. The molecule has 0 atom stereocenters. The van der Waals surface area contributed by atoms with Crippen molar-refractivity contribution in [2.24, 2.45) is 0 Å². The van der Waals surface area contributed by atoms with E-state index in [1.807, 2.05) is 72.8 Å². The smallest absolute Gasteiger partial charge is 0.143 e. The van der Waals surface area contributed by atoms with E-state index in [1.54, 1.807) is 0 Å². The molecule has 1 heterocycles. The zero-order valence-corrected chi connectivity index (χ0v) is 24.2. The van der Waals surface area contributed by atoms with E-state index in [0.717, 1.165) is 76.9 Å². The van der Waals surface area contributed by atoms with Crippen molar-refractivity contribution in [3.8, 4) is 44.5 Å². The van der Waals surface area contributed by atoms with E-state index >= 15 is 0 Å². The van der Waals surface area contributed by atoms with Crippen LogP contribution < -0.4 is 0 Å². The van der Waals surface area contributed by atoms with E-state index in [1.165, 1.54) is 0 Å². The van der Waals surface area contributed by atoms with Crippen molar-refractivity contribution >= 4 is 43.5 Å². The van der Waals surface area contributed by atoms with Crippen molar-refractivity contribution in [3.63, 3.8) is 0 Å². The van der Waals surface area contributed by atoms with Gasteiger partial charge < -0.3 is 4.42 Å². The molecule has 0 fully saturated rings. The minimum Gasteiger partial charge on any atom is -0.455 e. The van der Waals surface area contributed by atoms with Crippen molar-refractivity contribution < 1.29 is 11.3 Å². The molecule has 45 heavy (non-hydrogen) atoms. The molecule has 0 aliphatic rings. The minimum absolute atomic E-state index is 0.188. The van der Waals surface area contributed by atoms with Gasteiger partial charge in [0.25, 0.3) is 0 Å². The van der Waals surface area contributed by atoms with E-state index in [0.29, 0.717) is 5.56 Å². The van der Waals surface area contributed by atoms with Gasteiger partial charge in [0.2, 0.25) is 0 Å². The van der Waals surface area contributed by atoms with Gasteiger partial charge in [-0.2, -0.15) is 0 Å². The van der Waals surface area contributed by atoms with Crippen molar-refractivity contribution in [1.29, 1.82) is 0 Å². The summed E-state index contributed by atoms with van der Waals surface area (Å²) in [7, 11) is 0. The number of rotatable bonds is 4. The van der Waals surface area contributed by atoms with Gasteiger partial charge in [-0.05, 0) is 78.7 Å². The van der Waals surface area contributed by atoms with Crippen LogP contribution in [0.1, 0.15) is 6.85 Å². The Morgan fingerprint density at radius 3 is 1.64 bits per heavy atom. The van der Waals surface area contributed by atoms with Gasteiger partial charge in [0.15, 0.2) is 0 Å². The molecule has 1 nitrogen and oxygen atoms in total. The maximum atomic E-state index is 8.72. The molecule has 0 bridgehead atoms. The first-order valence-electron chi connectivity index (χ1n) is 17.5. The second-order valence-electron chi connectivity index (χ2n) is 11.3. The lowest BCUT2D eigenvalue weighted by Crippen LogP contribution is -1.92. The summed E-state index contributed by atoms with van der Waals surface area (Å²) in [5, 5.41) is 6.20. The summed E-state index contributed by atoms with van der Waals surface area (Å²) in [6, 6.07) is 45.9. The fourth-order valence-corrected chi connectivity index (χ4v) is 6.75. The molecule has 0 saturated carbocycles. The highest BCUT2D eigenvalue weighted by Crippen LogP contribution is 2.46. The monoisotopic (exact) mass is 577 g/mol. The molecular weight excluding hydrogens is 544 g/mol. The molecular formula is C44H28O. The number of benzene rings is 8. The predicted molar refractivity (Wildman–Crippen MR) is 190 cm³/mol. The molecule has 1 heteroatoms. The van der Waals surface area contributed by atoms with Crippen LogP contribution in [0.5, 0.6) is 0 Å². The van der Waals surface area contributed by atoms with E-state index in [4.69, 9.17) is 11.3 Å².